The minimum Gasteiger partial charge on any atom is -0.325 e. The van der Waals surface area contributed by atoms with Crippen molar-refractivity contribution < 1.29 is 26.4 Å². The van der Waals surface area contributed by atoms with Crippen molar-refractivity contribution in [1.29, 1.82) is 0 Å². The van der Waals surface area contributed by atoms with Gasteiger partial charge in [0.2, 0.25) is 5.91 Å². The topological polar surface area (TPSA) is 93.9 Å². The Kier molecular flexibility index (Phi) is 7.48. The molecule has 1 N–H and O–H groups in total. The number of alkyl halides is 3. The van der Waals surface area contributed by atoms with Crippen molar-refractivity contribution in [2.45, 2.75) is 42.4 Å². The molecule has 1 amide bonds. The fourth-order valence-electron chi connectivity index (χ4n) is 3.00. The second-order valence-corrected chi connectivity index (χ2v) is 10.0. The van der Waals surface area contributed by atoms with E-state index in [9.17, 15) is 26.4 Å². The summed E-state index contributed by atoms with van der Waals surface area (Å²) in [4.78, 5) is 12.4. The molecule has 7 nitrogen and oxygen atoms in total. The standard InChI is InChI=1S/C21H21F3N4O3S2/c1-3-28-18(13-33(30,31)15-10-8-14(2)9-11-15)26-27-20(28)32-12-19(29)25-17-7-5-4-6-16(17)21(22,23)24/h4-11H,3,12-13H2,1-2H3,(H,25,29). The molecule has 3 rings (SSSR count). The van der Waals surface area contributed by atoms with E-state index in [4.69, 9.17) is 0 Å². The third kappa shape index (κ3) is 6.14. The molecule has 12 heteroatoms. The van der Waals surface area contributed by atoms with Gasteiger partial charge in [-0.3, -0.25) is 4.79 Å². The van der Waals surface area contributed by atoms with Crippen LogP contribution in [0.15, 0.2) is 58.6 Å². The number of nitrogens with one attached hydrogen (secondary N) is 1. The van der Waals surface area contributed by atoms with Gasteiger partial charge in [0.15, 0.2) is 15.0 Å². The smallest absolute Gasteiger partial charge is 0.325 e. The number of sulfone groups is 1. The summed E-state index contributed by atoms with van der Waals surface area (Å²) in [5, 5.41) is 10.5. The van der Waals surface area contributed by atoms with Crippen LogP contribution >= 0.6 is 11.8 Å². The van der Waals surface area contributed by atoms with Crippen molar-refractivity contribution in [2.24, 2.45) is 0 Å². The Morgan fingerprint density at radius 2 is 1.76 bits per heavy atom. The number of aromatic nitrogens is 3. The number of amides is 1. The highest BCUT2D eigenvalue weighted by Crippen LogP contribution is 2.34. The average molecular weight is 499 g/mol. The van der Waals surface area contributed by atoms with Gasteiger partial charge in [0.1, 0.15) is 11.6 Å². The lowest BCUT2D eigenvalue weighted by atomic mass is 10.1. The molecule has 176 valence electrons. The van der Waals surface area contributed by atoms with E-state index < -0.39 is 27.5 Å². The first kappa shape index (κ1) is 24.8. The van der Waals surface area contributed by atoms with Crippen LogP contribution in [0.2, 0.25) is 0 Å². The van der Waals surface area contributed by atoms with Crippen LogP contribution in [-0.4, -0.2) is 34.8 Å². The number of halogens is 3. The third-order valence-corrected chi connectivity index (χ3v) is 7.24. The number of benzene rings is 2. The second-order valence-electron chi connectivity index (χ2n) is 7.10. The van der Waals surface area contributed by atoms with Gasteiger partial charge in [-0.2, -0.15) is 13.2 Å². The number of carbonyl (C=O) groups is 1. The van der Waals surface area contributed by atoms with E-state index in [0.29, 0.717) is 11.7 Å². The normalized spacial score (nSPS) is 12.0. The van der Waals surface area contributed by atoms with Crippen molar-refractivity contribution in [2.75, 3.05) is 11.1 Å². The quantitative estimate of drug-likeness (QED) is 0.465. The first-order valence-corrected chi connectivity index (χ1v) is 12.5. The van der Waals surface area contributed by atoms with E-state index >= 15 is 0 Å². The van der Waals surface area contributed by atoms with E-state index in [1.54, 1.807) is 23.6 Å². The fourth-order valence-corrected chi connectivity index (χ4v) is 5.10. The van der Waals surface area contributed by atoms with Crippen LogP contribution in [0.3, 0.4) is 0 Å². The molecule has 1 heterocycles. The zero-order chi connectivity index (χ0) is 24.2. The van der Waals surface area contributed by atoms with E-state index in [1.807, 2.05) is 6.92 Å². The number of hydrogen-bond donors (Lipinski definition) is 1. The molecular formula is C21H21F3N4O3S2. The number of thioether (sulfide) groups is 1. The first-order valence-electron chi connectivity index (χ1n) is 9.81. The summed E-state index contributed by atoms with van der Waals surface area (Å²) in [5.74, 6) is -1.04. The van der Waals surface area contributed by atoms with Crippen LogP contribution < -0.4 is 5.32 Å². The molecule has 0 atom stereocenters. The van der Waals surface area contributed by atoms with Gasteiger partial charge >= 0.3 is 6.18 Å². The van der Waals surface area contributed by atoms with Crippen molar-refractivity contribution in [1.82, 2.24) is 14.8 Å². The molecule has 0 fully saturated rings. The number of anilines is 1. The molecule has 0 radical (unpaired) electrons. The van der Waals surface area contributed by atoms with Gasteiger partial charge < -0.3 is 9.88 Å². The Morgan fingerprint density at radius 1 is 1.09 bits per heavy atom. The van der Waals surface area contributed by atoms with Crippen molar-refractivity contribution in [3.8, 4) is 0 Å². The van der Waals surface area contributed by atoms with E-state index in [1.165, 1.54) is 30.3 Å². The molecule has 0 aliphatic carbocycles. The van der Waals surface area contributed by atoms with Crippen molar-refractivity contribution >= 4 is 33.2 Å². The highest BCUT2D eigenvalue weighted by Gasteiger charge is 2.33. The predicted octanol–water partition coefficient (Wildman–Crippen LogP) is 4.33. The van der Waals surface area contributed by atoms with Crippen molar-refractivity contribution in [3.05, 3.63) is 65.5 Å². The number of para-hydroxylation sites is 1. The van der Waals surface area contributed by atoms with Gasteiger partial charge in [-0.25, -0.2) is 8.42 Å². The lowest BCUT2D eigenvalue weighted by Crippen LogP contribution is -2.18. The minimum absolute atomic E-state index is 0.163. The Bertz CT molecular complexity index is 1240. The summed E-state index contributed by atoms with van der Waals surface area (Å²) >= 11 is 0.958. The molecule has 0 aliphatic heterocycles. The number of nitrogens with zero attached hydrogens (tertiary/aromatic N) is 3. The predicted molar refractivity (Wildman–Crippen MR) is 119 cm³/mol. The molecule has 0 saturated heterocycles. The molecule has 0 spiro atoms. The van der Waals surface area contributed by atoms with Crippen LogP contribution in [0.5, 0.6) is 0 Å². The summed E-state index contributed by atoms with van der Waals surface area (Å²) in [6, 6.07) is 11.1. The fraction of sp³-hybridized carbons (Fsp3) is 0.286. The SMILES string of the molecule is CCn1c(CS(=O)(=O)c2ccc(C)cc2)nnc1SCC(=O)Nc1ccccc1C(F)(F)F. The molecule has 0 aliphatic rings. The van der Waals surface area contributed by atoms with Crippen LogP contribution in [0.25, 0.3) is 0 Å². The molecule has 2 aromatic carbocycles. The molecule has 3 aromatic rings. The van der Waals surface area contributed by atoms with E-state index in [0.717, 1.165) is 23.4 Å². The molecule has 0 saturated carbocycles. The summed E-state index contributed by atoms with van der Waals surface area (Å²) < 4.78 is 66.3. The maximum atomic E-state index is 13.1. The van der Waals surface area contributed by atoms with Gasteiger partial charge in [0, 0.05) is 6.54 Å². The summed E-state index contributed by atoms with van der Waals surface area (Å²) in [5.41, 5.74) is -0.346. The second kappa shape index (κ2) is 9.96. The molecule has 0 unspecified atom stereocenters. The lowest BCUT2D eigenvalue weighted by Gasteiger charge is -2.13. The number of hydrogen-bond acceptors (Lipinski definition) is 6. The van der Waals surface area contributed by atoms with Crippen LogP contribution in [0.4, 0.5) is 18.9 Å². The maximum Gasteiger partial charge on any atom is 0.418 e. The Morgan fingerprint density at radius 3 is 2.39 bits per heavy atom. The summed E-state index contributed by atoms with van der Waals surface area (Å²) in [6.45, 7) is 3.98. The van der Waals surface area contributed by atoms with Gasteiger partial charge in [0.05, 0.1) is 21.9 Å². The maximum absolute atomic E-state index is 13.1. The molecule has 0 bridgehead atoms. The van der Waals surface area contributed by atoms with Gasteiger partial charge in [0.25, 0.3) is 0 Å². The molecule has 1 aromatic heterocycles. The van der Waals surface area contributed by atoms with Gasteiger partial charge in [-0.1, -0.05) is 41.6 Å². The third-order valence-electron chi connectivity index (χ3n) is 4.65. The monoisotopic (exact) mass is 498 g/mol. The zero-order valence-corrected chi connectivity index (χ0v) is 19.4. The van der Waals surface area contributed by atoms with Gasteiger partial charge in [-0.15, -0.1) is 10.2 Å². The molecule has 33 heavy (non-hydrogen) atoms. The van der Waals surface area contributed by atoms with Crippen LogP contribution in [0.1, 0.15) is 23.9 Å². The van der Waals surface area contributed by atoms with Gasteiger partial charge in [-0.05, 0) is 38.1 Å². The van der Waals surface area contributed by atoms with Crippen LogP contribution in [-0.2, 0) is 33.1 Å². The molecular weight excluding hydrogens is 477 g/mol. The van der Waals surface area contributed by atoms with E-state index in [-0.39, 0.29) is 27.9 Å². The number of aryl methyl sites for hydroxylation is 1. The summed E-state index contributed by atoms with van der Waals surface area (Å²) in [7, 11) is -3.66. The highest BCUT2D eigenvalue weighted by molar-refractivity contribution is 7.99. The largest absolute Gasteiger partial charge is 0.418 e. The van der Waals surface area contributed by atoms with E-state index in [2.05, 4.69) is 15.5 Å². The van der Waals surface area contributed by atoms with Crippen LogP contribution in [0, 0.1) is 6.92 Å². The number of carbonyl (C=O) groups excluding carboxylic acids is 1. The Labute approximate surface area is 193 Å². The summed E-state index contributed by atoms with van der Waals surface area (Å²) in [6.07, 6.45) is -4.60. The zero-order valence-electron chi connectivity index (χ0n) is 17.8. The highest BCUT2D eigenvalue weighted by atomic mass is 32.2. The Balaban J connectivity index is 1.70. The van der Waals surface area contributed by atoms with Crippen molar-refractivity contribution in [3.63, 3.8) is 0 Å². The number of rotatable bonds is 8. The average Bonchev–Trinajstić information content (AvgIpc) is 3.13. The lowest BCUT2D eigenvalue weighted by molar-refractivity contribution is -0.137. The minimum atomic E-state index is -4.60. The Hall–Kier alpha value is -2.86. The first-order chi connectivity index (χ1) is 15.5.